The molecule has 3 rings (SSSR count). The fourth-order valence-electron chi connectivity index (χ4n) is 4.10. The fraction of sp³-hybridized carbons (Fsp3) is 0.688. The molecular formula is C16H24ClN3O2. The van der Waals surface area contributed by atoms with Crippen LogP contribution in [-0.2, 0) is 7.05 Å². The van der Waals surface area contributed by atoms with Gasteiger partial charge in [0, 0.05) is 37.8 Å². The van der Waals surface area contributed by atoms with Crippen LogP contribution in [0.15, 0.2) is 12.3 Å². The van der Waals surface area contributed by atoms with Gasteiger partial charge in [-0.25, -0.2) is 0 Å². The maximum absolute atomic E-state index is 12.8. The van der Waals surface area contributed by atoms with E-state index in [9.17, 15) is 9.90 Å². The maximum Gasteiger partial charge on any atom is 0.270 e. The maximum atomic E-state index is 12.8. The van der Waals surface area contributed by atoms with E-state index < -0.39 is 0 Å². The van der Waals surface area contributed by atoms with Crippen LogP contribution in [0, 0.1) is 5.41 Å². The molecule has 2 atom stereocenters. The SMILES string of the molecule is CN1CCC[C@]2(CO)CCN(C(=O)c3cc(Cl)cn3C)C[C@@H]12. The van der Waals surface area contributed by atoms with Crippen molar-refractivity contribution in [1.29, 1.82) is 0 Å². The lowest BCUT2D eigenvalue weighted by atomic mass is 9.69. The number of halogens is 1. The lowest BCUT2D eigenvalue weighted by molar-refractivity contribution is -0.0602. The zero-order chi connectivity index (χ0) is 15.9. The van der Waals surface area contributed by atoms with Crippen molar-refractivity contribution in [2.45, 2.75) is 25.3 Å². The summed E-state index contributed by atoms with van der Waals surface area (Å²) < 4.78 is 1.78. The highest BCUT2D eigenvalue weighted by Gasteiger charge is 2.47. The number of aryl methyl sites for hydroxylation is 1. The number of aliphatic hydroxyl groups is 1. The highest BCUT2D eigenvalue weighted by Crippen LogP contribution is 2.41. The van der Waals surface area contributed by atoms with Gasteiger partial charge in [0.05, 0.1) is 11.6 Å². The predicted molar refractivity (Wildman–Crippen MR) is 86.1 cm³/mol. The van der Waals surface area contributed by atoms with Crippen LogP contribution in [-0.4, -0.2) is 64.7 Å². The first kappa shape index (κ1) is 15.8. The number of carbonyl (C=O) groups excluding carboxylic acids is 1. The van der Waals surface area contributed by atoms with Crippen molar-refractivity contribution in [2.24, 2.45) is 12.5 Å². The summed E-state index contributed by atoms with van der Waals surface area (Å²) in [5, 5.41) is 10.5. The minimum Gasteiger partial charge on any atom is -0.396 e. The van der Waals surface area contributed by atoms with Crippen molar-refractivity contribution in [3.05, 3.63) is 23.0 Å². The number of likely N-dealkylation sites (tertiary alicyclic amines) is 2. The van der Waals surface area contributed by atoms with Crippen LogP contribution in [0.3, 0.4) is 0 Å². The van der Waals surface area contributed by atoms with Gasteiger partial charge < -0.3 is 19.5 Å². The van der Waals surface area contributed by atoms with Crippen LogP contribution in [0.5, 0.6) is 0 Å². The number of hydrogen-bond donors (Lipinski definition) is 1. The Labute approximate surface area is 136 Å². The topological polar surface area (TPSA) is 48.7 Å². The number of amides is 1. The van der Waals surface area contributed by atoms with Gasteiger partial charge in [0.25, 0.3) is 5.91 Å². The Bertz CT molecular complexity index is 574. The smallest absolute Gasteiger partial charge is 0.270 e. The van der Waals surface area contributed by atoms with E-state index in [1.54, 1.807) is 16.8 Å². The lowest BCUT2D eigenvalue weighted by Crippen LogP contribution is -2.62. The van der Waals surface area contributed by atoms with Crippen LogP contribution < -0.4 is 0 Å². The molecule has 1 N–H and O–H groups in total. The summed E-state index contributed by atoms with van der Waals surface area (Å²) in [6.45, 7) is 2.62. The van der Waals surface area contributed by atoms with Crippen LogP contribution in [0.2, 0.25) is 5.02 Å². The number of nitrogens with zero attached hydrogens (tertiary/aromatic N) is 3. The zero-order valence-corrected chi connectivity index (χ0v) is 14.0. The molecule has 5 nitrogen and oxygen atoms in total. The van der Waals surface area contributed by atoms with E-state index >= 15 is 0 Å². The van der Waals surface area contributed by atoms with E-state index in [-0.39, 0.29) is 24.0 Å². The minimum absolute atomic E-state index is 0.0277. The molecule has 0 unspecified atom stereocenters. The molecule has 22 heavy (non-hydrogen) atoms. The fourth-order valence-corrected chi connectivity index (χ4v) is 4.35. The van der Waals surface area contributed by atoms with Gasteiger partial charge in [0.2, 0.25) is 0 Å². The Kier molecular flexibility index (Phi) is 4.23. The number of rotatable bonds is 2. The molecule has 0 aliphatic carbocycles. The average molecular weight is 326 g/mol. The molecule has 0 bridgehead atoms. The molecule has 0 radical (unpaired) electrons. The Morgan fingerprint density at radius 2 is 2.18 bits per heavy atom. The summed E-state index contributed by atoms with van der Waals surface area (Å²) in [5.41, 5.74) is 0.579. The highest BCUT2D eigenvalue weighted by molar-refractivity contribution is 6.31. The Morgan fingerprint density at radius 3 is 2.82 bits per heavy atom. The average Bonchev–Trinajstić information content (AvgIpc) is 2.85. The second-order valence-electron chi connectivity index (χ2n) is 6.78. The summed E-state index contributed by atoms with van der Waals surface area (Å²) >= 11 is 5.99. The molecule has 1 aromatic heterocycles. The molecule has 2 fully saturated rings. The minimum atomic E-state index is -0.0460. The van der Waals surface area contributed by atoms with Crippen molar-refractivity contribution in [3.63, 3.8) is 0 Å². The van der Waals surface area contributed by atoms with Crippen LogP contribution in [0.1, 0.15) is 29.8 Å². The van der Waals surface area contributed by atoms with Crippen molar-refractivity contribution in [1.82, 2.24) is 14.4 Å². The van der Waals surface area contributed by atoms with Gasteiger partial charge in [-0.15, -0.1) is 0 Å². The Morgan fingerprint density at radius 1 is 1.41 bits per heavy atom. The molecule has 1 aromatic rings. The van der Waals surface area contributed by atoms with Gasteiger partial charge in [0.15, 0.2) is 0 Å². The summed E-state index contributed by atoms with van der Waals surface area (Å²) in [6, 6.07) is 1.96. The third kappa shape index (κ3) is 2.55. The summed E-state index contributed by atoms with van der Waals surface area (Å²) in [4.78, 5) is 17.0. The highest BCUT2D eigenvalue weighted by atomic mass is 35.5. The number of likely N-dealkylation sites (N-methyl/N-ethyl adjacent to an activating group) is 1. The largest absolute Gasteiger partial charge is 0.396 e. The molecule has 1 amide bonds. The number of carbonyl (C=O) groups is 1. The first-order valence-corrected chi connectivity index (χ1v) is 8.27. The predicted octanol–water partition coefficient (Wildman–Crippen LogP) is 1.60. The Hall–Kier alpha value is -1.04. The van der Waals surface area contributed by atoms with E-state index in [0.29, 0.717) is 23.8 Å². The van der Waals surface area contributed by atoms with Gasteiger partial charge in [-0.2, -0.15) is 0 Å². The van der Waals surface area contributed by atoms with E-state index in [1.807, 2.05) is 11.9 Å². The van der Waals surface area contributed by atoms with Crippen molar-refractivity contribution in [3.8, 4) is 0 Å². The molecule has 0 spiro atoms. The Balaban J connectivity index is 1.81. The number of aromatic nitrogens is 1. The third-order valence-corrected chi connectivity index (χ3v) is 5.70. The van der Waals surface area contributed by atoms with Gasteiger partial charge in [-0.3, -0.25) is 4.79 Å². The van der Waals surface area contributed by atoms with Gasteiger partial charge in [-0.1, -0.05) is 11.6 Å². The van der Waals surface area contributed by atoms with E-state index in [4.69, 9.17) is 11.6 Å². The number of piperidine rings is 2. The summed E-state index contributed by atoms with van der Waals surface area (Å²) in [6.07, 6.45) is 4.79. The van der Waals surface area contributed by atoms with Crippen LogP contribution >= 0.6 is 11.6 Å². The van der Waals surface area contributed by atoms with Crippen molar-refractivity contribution < 1.29 is 9.90 Å². The van der Waals surface area contributed by atoms with Crippen LogP contribution in [0.4, 0.5) is 0 Å². The second-order valence-corrected chi connectivity index (χ2v) is 7.21. The standard InChI is InChI=1S/C16H24ClN3O2/c1-18-6-3-4-16(11-21)5-7-20(10-14(16)18)15(22)13-8-12(17)9-19(13)2/h8-9,14,21H,3-7,10-11H2,1-2H3/t14-,16-/m1/s1. The number of fused-ring (bicyclic) bond motifs is 1. The van der Waals surface area contributed by atoms with Crippen molar-refractivity contribution >= 4 is 17.5 Å². The summed E-state index contributed by atoms with van der Waals surface area (Å²) in [5.74, 6) is 0.0277. The molecule has 122 valence electrons. The lowest BCUT2D eigenvalue weighted by Gasteiger charge is -2.53. The third-order valence-electron chi connectivity index (χ3n) is 5.49. The first-order valence-electron chi connectivity index (χ1n) is 7.89. The summed E-state index contributed by atoms with van der Waals surface area (Å²) in [7, 11) is 3.94. The normalized spacial score (nSPS) is 29.5. The molecule has 2 saturated heterocycles. The molecule has 2 aliphatic rings. The monoisotopic (exact) mass is 325 g/mol. The molecule has 6 heteroatoms. The van der Waals surface area contributed by atoms with Gasteiger partial charge >= 0.3 is 0 Å². The van der Waals surface area contributed by atoms with Crippen LogP contribution in [0.25, 0.3) is 0 Å². The van der Waals surface area contributed by atoms with Crippen molar-refractivity contribution in [2.75, 3.05) is 33.3 Å². The molecule has 3 heterocycles. The molecule has 2 aliphatic heterocycles. The second kappa shape index (κ2) is 5.87. The van der Waals surface area contributed by atoms with E-state index in [0.717, 1.165) is 25.8 Å². The van der Waals surface area contributed by atoms with E-state index in [1.165, 1.54) is 0 Å². The first-order chi connectivity index (χ1) is 10.5. The number of hydrogen-bond acceptors (Lipinski definition) is 3. The quantitative estimate of drug-likeness (QED) is 0.898. The van der Waals surface area contributed by atoms with Gasteiger partial charge in [-0.05, 0) is 38.9 Å². The van der Waals surface area contributed by atoms with E-state index in [2.05, 4.69) is 11.9 Å². The zero-order valence-electron chi connectivity index (χ0n) is 13.3. The van der Waals surface area contributed by atoms with Gasteiger partial charge in [0.1, 0.15) is 5.69 Å². The molecule has 0 aromatic carbocycles. The number of aliphatic hydroxyl groups excluding tert-OH is 1. The molecular weight excluding hydrogens is 302 g/mol. The molecule has 0 saturated carbocycles.